The fraction of sp³-hybridized carbons (Fsp3) is 0.571. The van der Waals surface area contributed by atoms with Crippen molar-refractivity contribution >= 4 is 27.3 Å². The first-order valence-electron chi connectivity index (χ1n) is 6.42. The van der Waals surface area contributed by atoms with Crippen LogP contribution in [0.4, 0.5) is 11.4 Å². The van der Waals surface area contributed by atoms with Gasteiger partial charge in [-0.2, -0.15) is 0 Å². The standard InChI is InChI=1S/C14H23BrN2/c1-4-11(5-2)10-17(6-3)14-9-12(15)7-8-13(14)16/h7-9,11H,4-6,10,16H2,1-3H3. The van der Waals surface area contributed by atoms with Gasteiger partial charge in [0.2, 0.25) is 0 Å². The molecular formula is C14H23BrN2. The van der Waals surface area contributed by atoms with Crippen LogP contribution < -0.4 is 10.6 Å². The van der Waals surface area contributed by atoms with Crippen molar-refractivity contribution in [3.63, 3.8) is 0 Å². The highest BCUT2D eigenvalue weighted by molar-refractivity contribution is 9.10. The Bertz CT molecular complexity index is 348. The van der Waals surface area contributed by atoms with Crippen molar-refractivity contribution in [3.05, 3.63) is 22.7 Å². The molecule has 0 radical (unpaired) electrons. The molecule has 17 heavy (non-hydrogen) atoms. The number of rotatable bonds is 6. The molecule has 2 nitrogen and oxygen atoms in total. The number of benzene rings is 1. The van der Waals surface area contributed by atoms with Gasteiger partial charge in [-0.25, -0.2) is 0 Å². The molecule has 0 saturated carbocycles. The Morgan fingerprint density at radius 3 is 2.41 bits per heavy atom. The average molecular weight is 299 g/mol. The van der Waals surface area contributed by atoms with Crippen molar-refractivity contribution in [1.82, 2.24) is 0 Å². The molecule has 0 unspecified atom stereocenters. The quantitative estimate of drug-likeness (QED) is 0.794. The van der Waals surface area contributed by atoms with Crippen LogP contribution in [0.5, 0.6) is 0 Å². The Balaban J connectivity index is 2.89. The van der Waals surface area contributed by atoms with Gasteiger partial charge in [-0.05, 0) is 31.0 Å². The summed E-state index contributed by atoms with van der Waals surface area (Å²) in [4.78, 5) is 2.37. The van der Waals surface area contributed by atoms with E-state index in [4.69, 9.17) is 5.73 Å². The SMILES string of the molecule is CCC(CC)CN(CC)c1cc(Br)ccc1N. The maximum Gasteiger partial charge on any atom is 0.0611 e. The van der Waals surface area contributed by atoms with E-state index in [0.29, 0.717) is 0 Å². The molecule has 0 atom stereocenters. The summed E-state index contributed by atoms with van der Waals surface area (Å²) in [7, 11) is 0. The van der Waals surface area contributed by atoms with Crippen molar-refractivity contribution in [2.45, 2.75) is 33.6 Å². The van der Waals surface area contributed by atoms with E-state index in [1.54, 1.807) is 0 Å². The Morgan fingerprint density at radius 2 is 1.88 bits per heavy atom. The van der Waals surface area contributed by atoms with Crippen molar-refractivity contribution in [2.24, 2.45) is 5.92 Å². The van der Waals surface area contributed by atoms with Gasteiger partial charge in [-0.15, -0.1) is 0 Å². The van der Waals surface area contributed by atoms with Gasteiger partial charge in [-0.3, -0.25) is 0 Å². The second-order valence-corrected chi connectivity index (χ2v) is 5.34. The van der Waals surface area contributed by atoms with Crippen LogP contribution in [0.2, 0.25) is 0 Å². The Morgan fingerprint density at radius 1 is 1.24 bits per heavy atom. The molecule has 0 amide bonds. The van der Waals surface area contributed by atoms with Crippen LogP contribution in [-0.2, 0) is 0 Å². The van der Waals surface area contributed by atoms with E-state index in [1.165, 1.54) is 12.8 Å². The molecule has 0 saturated heterocycles. The molecule has 0 heterocycles. The number of nitrogen functional groups attached to an aromatic ring is 1. The molecule has 0 bridgehead atoms. The number of hydrogen-bond acceptors (Lipinski definition) is 2. The molecule has 3 heteroatoms. The smallest absolute Gasteiger partial charge is 0.0611 e. The van der Waals surface area contributed by atoms with Gasteiger partial charge in [0.1, 0.15) is 0 Å². The van der Waals surface area contributed by atoms with E-state index >= 15 is 0 Å². The number of halogens is 1. The second-order valence-electron chi connectivity index (χ2n) is 4.42. The van der Waals surface area contributed by atoms with E-state index < -0.39 is 0 Å². The van der Waals surface area contributed by atoms with Crippen molar-refractivity contribution in [1.29, 1.82) is 0 Å². The summed E-state index contributed by atoms with van der Waals surface area (Å²) in [6, 6.07) is 6.07. The maximum absolute atomic E-state index is 6.06. The molecule has 0 fully saturated rings. The molecule has 0 aliphatic heterocycles. The van der Waals surface area contributed by atoms with Crippen molar-refractivity contribution in [3.8, 4) is 0 Å². The third-order valence-electron chi connectivity index (χ3n) is 3.35. The van der Waals surface area contributed by atoms with Gasteiger partial charge in [0.15, 0.2) is 0 Å². The van der Waals surface area contributed by atoms with Crippen molar-refractivity contribution in [2.75, 3.05) is 23.7 Å². The predicted molar refractivity (Wildman–Crippen MR) is 80.5 cm³/mol. The highest BCUT2D eigenvalue weighted by Crippen LogP contribution is 2.28. The fourth-order valence-corrected chi connectivity index (χ4v) is 2.40. The highest BCUT2D eigenvalue weighted by atomic mass is 79.9. The number of nitrogens with zero attached hydrogens (tertiary/aromatic N) is 1. The minimum Gasteiger partial charge on any atom is -0.397 e. The molecule has 1 aromatic carbocycles. The maximum atomic E-state index is 6.06. The Labute approximate surface area is 113 Å². The normalized spacial score (nSPS) is 10.9. The Hall–Kier alpha value is -0.700. The Kier molecular flexibility index (Phi) is 5.83. The van der Waals surface area contributed by atoms with Crippen LogP contribution in [0.25, 0.3) is 0 Å². The lowest BCUT2D eigenvalue weighted by Crippen LogP contribution is -2.29. The van der Waals surface area contributed by atoms with Gasteiger partial charge in [0, 0.05) is 17.6 Å². The number of nitrogens with two attached hydrogens (primary N) is 1. The van der Waals surface area contributed by atoms with E-state index in [1.807, 2.05) is 12.1 Å². The number of anilines is 2. The molecule has 1 rings (SSSR count). The zero-order valence-corrected chi connectivity index (χ0v) is 12.6. The summed E-state index contributed by atoms with van der Waals surface area (Å²) in [6.45, 7) is 8.78. The summed E-state index contributed by atoms with van der Waals surface area (Å²) in [5, 5.41) is 0. The first-order chi connectivity index (χ1) is 8.12. The zero-order valence-electron chi connectivity index (χ0n) is 11.0. The van der Waals surface area contributed by atoms with E-state index in [-0.39, 0.29) is 0 Å². The van der Waals surface area contributed by atoms with E-state index in [2.05, 4.69) is 47.7 Å². The summed E-state index contributed by atoms with van der Waals surface area (Å²) < 4.78 is 1.09. The van der Waals surface area contributed by atoms with E-state index in [0.717, 1.165) is 34.9 Å². The average Bonchev–Trinajstić information content (AvgIpc) is 2.34. The van der Waals surface area contributed by atoms with Crippen LogP contribution in [0, 0.1) is 5.92 Å². The minimum atomic E-state index is 0.744. The van der Waals surface area contributed by atoms with Crippen LogP contribution in [0.1, 0.15) is 33.6 Å². The van der Waals surface area contributed by atoms with Gasteiger partial charge >= 0.3 is 0 Å². The molecule has 0 aromatic heterocycles. The van der Waals surface area contributed by atoms with Gasteiger partial charge in [0.25, 0.3) is 0 Å². The lowest BCUT2D eigenvalue weighted by atomic mass is 10.0. The van der Waals surface area contributed by atoms with Gasteiger partial charge in [0.05, 0.1) is 11.4 Å². The molecule has 0 aliphatic carbocycles. The van der Waals surface area contributed by atoms with Crippen LogP contribution in [0.15, 0.2) is 22.7 Å². The van der Waals surface area contributed by atoms with Crippen LogP contribution >= 0.6 is 15.9 Å². The third-order valence-corrected chi connectivity index (χ3v) is 3.84. The first kappa shape index (κ1) is 14.4. The van der Waals surface area contributed by atoms with Crippen LogP contribution in [0.3, 0.4) is 0 Å². The zero-order chi connectivity index (χ0) is 12.8. The molecule has 96 valence electrons. The predicted octanol–water partition coefficient (Wildman–Crippen LogP) is 4.29. The molecule has 0 aliphatic rings. The lowest BCUT2D eigenvalue weighted by molar-refractivity contribution is 0.486. The van der Waals surface area contributed by atoms with Gasteiger partial charge < -0.3 is 10.6 Å². The molecule has 0 spiro atoms. The molecular weight excluding hydrogens is 276 g/mol. The summed E-state index contributed by atoms with van der Waals surface area (Å²) in [5.41, 5.74) is 8.07. The minimum absolute atomic E-state index is 0.744. The van der Waals surface area contributed by atoms with Crippen molar-refractivity contribution < 1.29 is 0 Å². The highest BCUT2D eigenvalue weighted by Gasteiger charge is 2.13. The molecule has 1 aromatic rings. The summed E-state index contributed by atoms with van der Waals surface area (Å²) in [6.07, 6.45) is 2.45. The van der Waals surface area contributed by atoms with E-state index in [9.17, 15) is 0 Å². The second kappa shape index (κ2) is 6.90. The largest absolute Gasteiger partial charge is 0.397 e. The lowest BCUT2D eigenvalue weighted by Gasteiger charge is -2.28. The van der Waals surface area contributed by atoms with Gasteiger partial charge in [-0.1, -0.05) is 42.6 Å². The number of hydrogen-bond donors (Lipinski definition) is 1. The monoisotopic (exact) mass is 298 g/mol. The fourth-order valence-electron chi connectivity index (χ4n) is 2.05. The summed E-state index contributed by atoms with van der Waals surface area (Å²) >= 11 is 3.51. The third kappa shape index (κ3) is 3.91. The first-order valence-corrected chi connectivity index (χ1v) is 7.21. The van der Waals surface area contributed by atoms with Crippen LogP contribution in [-0.4, -0.2) is 13.1 Å². The molecule has 2 N–H and O–H groups in total. The topological polar surface area (TPSA) is 29.3 Å². The summed E-state index contributed by atoms with van der Waals surface area (Å²) in [5.74, 6) is 0.744.